The lowest BCUT2D eigenvalue weighted by atomic mass is 10.3. The summed E-state index contributed by atoms with van der Waals surface area (Å²) < 4.78 is 2.02. The molecule has 0 saturated carbocycles. The summed E-state index contributed by atoms with van der Waals surface area (Å²) in [5, 5.41) is 1.66. The van der Waals surface area contributed by atoms with Crippen molar-refractivity contribution >= 4 is 22.5 Å². The van der Waals surface area contributed by atoms with Gasteiger partial charge in [0.05, 0.1) is 5.52 Å². The van der Waals surface area contributed by atoms with Crippen LogP contribution in [-0.2, 0) is 7.05 Å². The molecule has 2 rings (SSSR count). The molecule has 2 nitrogen and oxygen atoms in total. The van der Waals surface area contributed by atoms with Gasteiger partial charge in [0.2, 0.25) is 0 Å². The third-order valence-electron chi connectivity index (χ3n) is 1.74. The van der Waals surface area contributed by atoms with Crippen LogP contribution in [0.2, 0.25) is 5.15 Å². The number of nitrogens with zero attached hydrogens (tertiary/aromatic N) is 2. The van der Waals surface area contributed by atoms with Crippen LogP contribution >= 0.6 is 11.6 Å². The summed E-state index contributed by atoms with van der Waals surface area (Å²) >= 11 is 5.72. The summed E-state index contributed by atoms with van der Waals surface area (Å²) in [6, 6.07) is 3.87. The molecule has 0 fully saturated rings. The second-order valence-corrected chi connectivity index (χ2v) is 2.88. The molecular weight excluding hydrogens is 160 g/mol. The Morgan fingerprint density at radius 2 is 2.36 bits per heavy atom. The second-order valence-electron chi connectivity index (χ2n) is 2.49. The monoisotopic (exact) mass is 166 g/mol. The average molecular weight is 167 g/mol. The van der Waals surface area contributed by atoms with E-state index in [4.69, 9.17) is 11.6 Å². The zero-order valence-corrected chi connectivity index (χ0v) is 6.84. The summed E-state index contributed by atoms with van der Waals surface area (Å²) in [6.07, 6.45) is 3.76. The van der Waals surface area contributed by atoms with Gasteiger partial charge in [0.25, 0.3) is 0 Å². The van der Waals surface area contributed by atoms with Gasteiger partial charge in [-0.2, -0.15) is 0 Å². The van der Waals surface area contributed by atoms with E-state index >= 15 is 0 Å². The third kappa shape index (κ3) is 0.994. The van der Waals surface area contributed by atoms with Crippen molar-refractivity contribution < 1.29 is 0 Å². The van der Waals surface area contributed by atoms with Crippen molar-refractivity contribution in [2.75, 3.05) is 0 Å². The normalized spacial score (nSPS) is 10.7. The molecule has 0 N–H and O–H groups in total. The van der Waals surface area contributed by atoms with Gasteiger partial charge in [-0.1, -0.05) is 11.6 Å². The number of hydrogen-bond acceptors (Lipinski definition) is 1. The van der Waals surface area contributed by atoms with Crippen LogP contribution in [0.4, 0.5) is 0 Å². The van der Waals surface area contributed by atoms with Crippen molar-refractivity contribution in [1.29, 1.82) is 0 Å². The van der Waals surface area contributed by atoms with Crippen LogP contribution < -0.4 is 0 Å². The van der Waals surface area contributed by atoms with Gasteiger partial charge < -0.3 is 4.57 Å². The first-order valence-electron chi connectivity index (χ1n) is 3.34. The highest BCUT2D eigenvalue weighted by Crippen LogP contribution is 2.16. The van der Waals surface area contributed by atoms with E-state index in [2.05, 4.69) is 4.98 Å². The van der Waals surface area contributed by atoms with E-state index in [1.165, 1.54) is 0 Å². The number of halogens is 1. The van der Waals surface area contributed by atoms with Crippen molar-refractivity contribution in [3.63, 3.8) is 0 Å². The first kappa shape index (κ1) is 6.68. The number of aryl methyl sites for hydroxylation is 1. The molecule has 0 bridgehead atoms. The van der Waals surface area contributed by atoms with Crippen molar-refractivity contribution in [2.24, 2.45) is 7.05 Å². The number of pyridine rings is 1. The largest absolute Gasteiger partial charge is 0.350 e. The minimum absolute atomic E-state index is 0.541. The SMILES string of the molecule is Cn1ccc2cnc(Cl)cc21. The highest BCUT2D eigenvalue weighted by atomic mass is 35.5. The van der Waals surface area contributed by atoms with Crippen LogP contribution in [0.25, 0.3) is 10.9 Å². The molecule has 0 unspecified atom stereocenters. The molecule has 0 aromatic carbocycles. The molecule has 0 saturated heterocycles. The van der Waals surface area contributed by atoms with E-state index in [0.29, 0.717) is 5.15 Å². The fourth-order valence-electron chi connectivity index (χ4n) is 1.14. The number of aromatic nitrogens is 2. The minimum atomic E-state index is 0.541. The van der Waals surface area contributed by atoms with Crippen LogP contribution in [0.1, 0.15) is 0 Å². The molecule has 0 aliphatic rings. The molecule has 0 atom stereocenters. The average Bonchev–Trinajstić information content (AvgIpc) is 2.33. The molecule has 2 aromatic heterocycles. The minimum Gasteiger partial charge on any atom is -0.350 e. The predicted octanol–water partition coefficient (Wildman–Crippen LogP) is 2.23. The van der Waals surface area contributed by atoms with Crippen molar-refractivity contribution in [1.82, 2.24) is 9.55 Å². The molecule has 2 heterocycles. The summed E-state index contributed by atoms with van der Waals surface area (Å²) in [4.78, 5) is 3.97. The van der Waals surface area contributed by atoms with E-state index in [1.807, 2.05) is 29.9 Å². The van der Waals surface area contributed by atoms with Gasteiger partial charge >= 0.3 is 0 Å². The van der Waals surface area contributed by atoms with Crippen molar-refractivity contribution in [3.05, 3.63) is 29.7 Å². The van der Waals surface area contributed by atoms with Gasteiger partial charge in [0.15, 0.2) is 0 Å². The topological polar surface area (TPSA) is 17.8 Å². The molecule has 0 radical (unpaired) electrons. The Hall–Kier alpha value is -1.02. The maximum absolute atomic E-state index is 5.72. The second kappa shape index (κ2) is 2.24. The number of fused-ring (bicyclic) bond motifs is 1. The maximum Gasteiger partial charge on any atom is 0.131 e. The van der Waals surface area contributed by atoms with Gasteiger partial charge in [-0.3, -0.25) is 0 Å². The Kier molecular flexibility index (Phi) is 1.36. The van der Waals surface area contributed by atoms with Crippen LogP contribution in [0.15, 0.2) is 24.5 Å². The Morgan fingerprint density at radius 3 is 3.18 bits per heavy atom. The molecular formula is C8H7ClN2. The molecule has 0 aliphatic heterocycles. The Balaban J connectivity index is 2.87. The smallest absolute Gasteiger partial charge is 0.131 e. The van der Waals surface area contributed by atoms with Gasteiger partial charge in [0, 0.05) is 24.8 Å². The molecule has 0 aliphatic carbocycles. The first-order chi connectivity index (χ1) is 5.27. The van der Waals surface area contributed by atoms with Crippen molar-refractivity contribution in [2.45, 2.75) is 0 Å². The van der Waals surface area contributed by atoms with Crippen LogP contribution in [0, 0.1) is 0 Å². The Labute approximate surface area is 69.4 Å². The van der Waals surface area contributed by atoms with E-state index in [-0.39, 0.29) is 0 Å². The summed E-state index contributed by atoms with van der Waals surface area (Å²) in [7, 11) is 1.98. The summed E-state index contributed by atoms with van der Waals surface area (Å²) in [5.74, 6) is 0. The van der Waals surface area contributed by atoms with Crippen LogP contribution in [0.3, 0.4) is 0 Å². The fraction of sp³-hybridized carbons (Fsp3) is 0.125. The molecule has 56 valence electrons. The van der Waals surface area contributed by atoms with E-state index in [1.54, 1.807) is 6.20 Å². The molecule has 11 heavy (non-hydrogen) atoms. The molecule has 0 spiro atoms. The highest BCUT2D eigenvalue weighted by molar-refractivity contribution is 6.30. The number of rotatable bonds is 0. The van der Waals surface area contributed by atoms with Crippen molar-refractivity contribution in [3.8, 4) is 0 Å². The van der Waals surface area contributed by atoms with E-state index in [0.717, 1.165) is 10.9 Å². The third-order valence-corrected chi connectivity index (χ3v) is 1.94. The van der Waals surface area contributed by atoms with E-state index in [9.17, 15) is 0 Å². The molecule has 0 amide bonds. The van der Waals surface area contributed by atoms with Gasteiger partial charge in [0.1, 0.15) is 5.15 Å². The number of hydrogen-bond donors (Lipinski definition) is 0. The maximum atomic E-state index is 5.72. The van der Waals surface area contributed by atoms with Crippen LogP contribution in [0.5, 0.6) is 0 Å². The molecule has 3 heteroatoms. The summed E-state index contributed by atoms with van der Waals surface area (Å²) in [5.41, 5.74) is 1.12. The zero-order valence-electron chi connectivity index (χ0n) is 6.08. The zero-order chi connectivity index (χ0) is 7.84. The summed E-state index contributed by atoms with van der Waals surface area (Å²) in [6.45, 7) is 0. The standard InChI is InChI=1S/C8H7ClN2/c1-11-3-2-6-5-10-8(9)4-7(6)11/h2-5H,1H3. The lowest BCUT2D eigenvalue weighted by molar-refractivity contribution is 0.968. The predicted molar refractivity (Wildman–Crippen MR) is 45.7 cm³/mol. The van der Waals surface area contributed by atoms with Gasteiger partial charge in [-0.05, 0) is 12.1 Å². The first-order valence-corrected chi connectivity index (χ1v) is 3.72. The van der Waals surface area contributed by atoms with E-state index < -0.39 is 0 Å². The van der Waals surface area contributed by atoms with Gasteiger partial charge in [-0.25, -0.2) is 4.98 Å². The lowest BCUT2D eigenvalue weighted by Crippen LogP contribution is -1.83. The van der Waals surface area contributed by atoms with Gasteiger partial charge in [-0.15, -0.1) is 0 Å². The fourth-order valence-corrected chi connectivity index (χ4v) is 1.29. The highest BCUT2D eigenvalue weighted by Gasteiger charge is 1.97. The Morgan fingerprint density at radius 1 is 1.55 bits per heavy atom. The Bertz CT molecular complexity index is 392. The van der Waals surface area contributed by atoms with Crippen LogP contribution in [-0.4, -0.2) is 9.55 Å². The molecule has 2 aromatic rings. The quantitative estimate of drug-likeness (QED) is 0.549. The lowest BCUT2D eigenvalue weighted by Gasteiger charge is -1.94.